The first-order valence-electron chi connectivity index (χ1n) is 7.31. The van der Waals surface area contributed by atoms with Crippen molar-refractivity contribution in [2.75, 3.05) is 19.6 Å². The van der Waals surface area contributed by atoms with Crippen molar-refractivity contribution in [1.29, 1.82) is 0 Å². The molecule has 1 aliphatic heterocycles. The standard InChI is InChI=1S/C16H24N2/c1-12-4-5-14-6-7-16(15(14)9-12)18-8-2-3-13(10-17)11-18/h4-5,9,13,16H,2-3,6-8,10-11,17H2,1H3. The molecule has 98 valence electrons. The quantitative estimate of drug-likeness (QED) is 0.866. The third kappa shape index (κ3) is 2.19. The lowest BCUT2D eigenvalue weighted by Gasteiger charge is -2.36. The molecular formula is C16H24N2. The third-order valence-electron chi connectivity index (χ3n) is 4.67. The van der Waals surface area contributed by atoms with Crippen molar-refractivity contribution in [1.82, 2.24) is 4.90 Å². The summed E-state index contributed by atoms with van der Waals surface area (Å²) < 4.78 is 0. The van der Waals surface area contributed by atoms with Crippen LogP contribution in [0.1, 0.15) is 42.0 Å². The maximum absolute atomic E-state index is 5.86. The van der Waals surface area contributed by atoms with Crippen molar-refractivity contribution in [2.24, 2.45) is 11.7 Å². The van der Waals surface area contributed by atoms with Gasteiger partial charge in [-0.2, -0.15) is 0 Å². The van der Waals surface area contributed by atoms with Crippen molar-refractivity contribution < 1.29 is 0 Å². The molecule has 0 saturated carbocycles. The highest BCUT2D eigenvalue weighted by atomic mass is 15.2. The minimum Gasteiger partial charge on any atom is -0.330 e. The topological polar surface area (TPSA) is 29.3 Å². The number of fused-ring (bicyclic) bond motifs is 1. The van der Waals surface area contributed by atoms with Gasteiger partial charge in [0.1, 0.15) is 0 Å². The normalized spacial score (nSPS) is 28.3. The fourth-order valence-electron chi connectivity index (χ4n) is 3.65. The van der Waals surface area contributed by atoms with Gasteiger partial charge in [-0.15, -0.1) is 0 Å². The number of nitrogens with zero attached hydrogens (tertiary/aromatic N) is 1. The number of hydrogen-bond donors (Lipinski definition) is 1. The monoisotopic (exact) mass is 244 g/mol. The van der Waals surface area contributed by atoms with E-state index in [1.807, 2.05) is 0 Å². The Morgan fingerprint density at radius 1 is 1.33 bits per heavy atom. The zero-order valence-electron chi connectivity index (χ0n) is 11.4. The van der Waals surface area contributed by atoms with Crippen molar-refractivity contribution in [2.45, 2.75) is 38.6 Å². The minimum absolute atomic E-state index is 0.661. The Morgan fingerprint density at radius 2 is 2.22 bits per heavy atom. The molecule has 1 aliphatic carbocycles. The van der Waals surface area contributed by atoms with Crippen LogP contribution in [0.4, 0.5) is 0 Å². The Morgan fingerprint density at radius 3 is 3.06 bits per heavy atom. The molecule has 3 rings (SSSR count). The number of benzene rings is 1. The predicted octanol–water partition coefficient (Wildman–Crippen LogP) is 2.65. The van der Waals surface area contributed by atoms with E-state index in [9.17, 15) is 0 Å². The molecule has 0 bridgehead atoms. The number of likely N-dealkylation sites (tertiary alicyclic amines) is 1. The van der Waals surface area contributed by atoms with Crippen molar-refractivity contribution in [3.63, 3.8) is 0 Å². The van der Waals surface area contributed by atoms with E-state index in [0.717, 1.165) is 6.54 Å². The minimum atomic E-state index is 0.661. The van der Waals surface area contributed by atoms with Gasteiger partial charge in [0, 0.05) is 12.6 Å². The molecule has 1 saturated heterocycles. The van der Waals surface area contributed by atoms with E-state index in [2.05, 4.69) is 30.0 Å². The van der Waals surface area contributed by atoms with Crippen LogP contribution in [0.25, 0.3) is 0 Å². The van der Waals surface area contributed by atoms with Gasteiger partial charge in [-0.25, -0.2) is 0 Å². The van der Waals surface area contributed by atoms with E-state index >= 15 is 0 Å². The predicted molar refractivity (Wildman–Crippen MR) is 75.6 cm³/mol. The molecule has 1 heterocycles. The first kappa shape index (κ1) is 12.2. The first-order valence-corrected chi connectivity index (χ1v) is 7.31. The van der Waals surface area contributed by atoms with Crippen LogP contribution in [0.2, 0.25) is 0 Å². The van der Waals surface area contributed by atoms with E-state index in [1.54, 1.807) is 11.1 Å². The summed E-state index contributed by atoms with van der Waals surface area (Å²) in [4.78, 5) is 2.69. The summed E-state index contributed by atoms with van der Waals surface area (Å²) in [6, 6.07) is 7.64. The van der Waals surface area contributed by atoms with E-state index in [0.29, 0.717) is 12.0 Å². The summed E-state index contributed by atoms with van der Waals surface area (Å²) in [6.45, 7) is 5.52. The molecule has 2 aliphatic rings. The summed E-state index contributed by atoms with van der Waals surface area (Å²) in [6.07, 6.45) is 5.19. The Kier molecular flexibility index (Phi) is 3.40. The molecule has 1 aromatic rings. The number of aryl methyl sites for hydroxylation is 2. The highest BCUT2D eigenvalue weighted by Gasteiger charge is 2.30. The number of piperidine rings is 1. The van der Waals surface area contributed by atoms with Gasteiger partial charge in [0.25, 0.3) is 0 Å². The van der Waals surface area contributed by atoms with E-state index in [-0.39, 0.29) is 0 Å². The zero-order valence-corrected chi connectivity index (χ0v) is 11.4. The smallest absolute Gasteiger partial charge is 0.0354 e. The van der Waals surface area contributed by atoms with Gasteiger partial charge in [0.05, 0.1) is 0 Å². The van der Waals surface area contributed by atoms with Gasteiger partial charge < -0.3 is 5.73 Å². The molecule has 2 nitrogen and oxygen atoms in total. The second-order valence-electron chi connectivity index (χ2n) is 6.00. The molecule has 2 heteroatoms. The average molecular weight is 244 g/mol. The summed E-state index contributed by atoms with van der Waals surface area (Å²) in [5, 5.41) is 0. The van der Waals surface area contributed by atoms with Crippen molar-refractivity contribution in [3.8, 4) is 0 Å². The van der Waals surface area contributed by atoms with Crippen LogP contribution in [0.15, 0.2) is 18.2 Å². The molecule has 0 amide bonds. The van der Waals surface area contributed by atoms with Crippen LogP contribution < -0.4 is 5.73 Å². The molecule has 2 N–H and O–H groups in total. The fourth-order valence-corrected chi connectivity index (χ4v) is 3.65. The number of hydrogen-bond acceptors (Lipinski definition) is 2. The lowest BCUT2D eigenvalue weighted by atomic mass is 9.95. The van der Waals surface area contributed by atoms with E-state index in [1.165, 1.54) is 44.3 Å². The Balaban J connectivity index is 1.81. The molecular weight excluding hydrogens is 220 g/mol. The second kappa shape index (κ2) is 5.02. The summed E-state index contributed by atoms with van der Waals surface area (Å²) in [5.41, 5.74) is 10.4. The van der Waals surface area contributed by atoms with Crippen molar-refractivity contribution >= 4 is 0 Å². The number of rotatable bonds is 2. The molecule has 0 radical (unpaired) electrons. The van der Waals surface area contributed by atoms with Crippen LogP contribution >= 0.6 is 0 Å². The lowest BCUT2D eigenvalue weighted by molar-refractivity contribution is 0.125. The summed E-state index contributed by atoms with van der Waals surface area (Å²) in [7, 11) is 0. The summed E-state index contributed by atoms with van der Waals surface area (Å²) in [5.74, 6) is 0.715. The second-order valence-corrected chi connectivity index (χ2v) is 6.00. The molecule has 0 spiro atoms. The Bertz CT molecular complexity index is 427. The molecule has 18 heavy (non-hydrogen) atoms. The first-order chi connectivity index (χ1) is 8.78. The maximum atomic E-state index is 5.86. The third-order valence-corrected chi connectivity index (χ3v) is 4.67. The van der Waals surface area contributed by atoms with Gasteiger partial charge in [-0.1, -0.05) is 23.8 Å². The van der Waals surface area contributed by atoms with Crippen molar-refractivity contribution in [3.05, 3.63) is 34.9 Å². The highest BCUT2D eigenvalue weighted by molar-refractivity contribution is 5.37. The number of nitrogens with two attached hydrogens (primary N) is 1. The van der Waals surface area contributed by atoms with Gasteiger partial charge in [-0.3, -0.25) is 4.90 Å². The van der Waals surface area contributed by atoms with Gasteiger partial charge in [0.2, 0.25) is 0 Å². The molecule has 1 aromatic carbocycles. The molecule has 2 unspecified atom stereocenters. The molecule has 1 fully saturated rings. The van der Waals surface area contributed by atoms with Crippen LogP contribution in [0.5, 0.6) is 0 Å². The largest absolute Gasteiger partial charge is 0.330 e. The lowest BCUT2D eigenvalue weighted by Crippen LogP contribution is -2.40. The molecule has 0 aromatic heterocycles. The SMILES string of the molecule is Cc1ccc2c(c1)C(N1CCCC(CN)C1)CC2. The van der Waals surface area contributed by atoms with Gasteiger partial charge in [-0.05, 0) is 62.7 Å². The van der Waals surface area contributed by atoms with Crippen LogP contribution in [-0.4, -0.2) is 24.5 Å². The van der Waals surface area contributed by atoms with Crippen LogP contribution in [0, 0.1) is 12.8 Å². The Labute approximate surface area is 110 Å². The van der Waals surface area contributed by atoms with Gasteiger partial charge >= 0.3 is 0 Å². The van der Waals surface area contributed by atoms with E-state index < -0.39 is 0 Å². The highest BCUT2D eigenvalue weighted by Crippen LogP contribution is 2.38. The summed E-state index contributed by atoms with van der Waals surface area (Å²) >= 11 is 0. The zero-order chi connectivity index (χ0) is 12.5. The maximum Gasteiger partial charge on any atom is 0.0354 e. The van der Waals surface area contributed by atoms with Crippen LogP contribution in [-0.2, 0) is 6.42 Å². The van der Waals surface area contributed by atoms with E-state index in [4.69, 9.17) is 5.73 Å². The Hall–Kier alpha value is -0.860. The average Bonchev–Trinajstić information content (AvgIpc) is 2.81. The van der Waals surface area contributed by atoms with Gasteiger partial charge in [0.15, 0.2) is 0 Å². The molecule has 2 atom stereocenters. The fraction of sp³-hybridized carbons (Fsp3) is 0.625. The van der Waals surface area contributed by atoms with Crippen LogP contribution in [0.3, 0.4) is 0 Å².